The van der Waals surface area contributed by atoms with E-state index in [-0.39, 0.29) is 12.0 Å². The number of anilines is 1. The van der Waals surface area contributed by atoms with Gasteiger partial charge in [0.2, 0.25) is 0 Å². The van der Waals surface area contributed by atoms with E-state index in [0.717, 1.165) is 36.6 Å². The monoisotopic (exact) mass is 251 g/mol. The topological polar surface area (TPSA) is 41.9 Å². The number of aliphatic hydroxyl groups is 1. The van der Waals surface area contributed by atoms with Crippen molar-refractivity contribution < 1.29 is 14.6 Å². The Morgan fingerprint density at radius 1 is 1.28 bits per heavy atom. The van der Waals surface area contributed by atoms with Gasteiger partial charge in [0.15, 0.2) is 0 Å². The number of benzene rings is 1. The van der Waals surface area contributed by atoms with Crippen molar-refractivity contribution in [3.63, 3.8) is 0 Å². The highest BCUT2D eigenvalue weighted by Gasteiger charge is 2.43. The molecule has 1 N–H and O–H groups in total. The van der Waals surface area contributed by atoms with E-state index in [9.17, 15) is 5.11 Å². The largest absolute Gasteiger partial charge is 0.497 e. The van der Waals surface area contributed by atoms with Gasteiger partial charge in [-0.05, 0) is 25.0 Å². The van der Waals surface area contributed by atoms with Gasteiger partial charge in [-0.2, -0.15) is 0 Å². The maximum atomic E-state index is 9.38. The molecule has 0 heterocycles. The van der Waals surface area contributed by atoms with Crippen LogP contribution in [0.15, 0.2) is 18.2 Å². The Bertz CT molecular complexity index is 416. The second kappa shape index (κ2) is 5.06. The molecule has 0 spiro atoms. The minimum atomic E-state index is 0.0969. The third-order valence-electron chi connectivity index (χ3n) is 3.66. The maximum Gasteiger partial charge on any atom is 0.145 e. The van der Waals surface area contributed by atoms with Gasteiger partial charge in [0.05, 0.1) is 26.5 Å². The Morgan fingerprint density at radius 3 is 2.50 bits per heavy atom. The van der Waals surface area contributed by atoms with E-state index in [1.54, 1.807) is 14.2 Å². The van der Waals surface area contributed by atoms with Crippen LogP contribution in [-0.2, 0) is 0 Å². The van der Waals surface area contributed by atoms with Gasteiger partial charge in [0.25, 0.3) is 0 Å². The molecule has 1 aromatic carbocycles. The summed E-state index contributed by atoms with van der Waals surface area (Å²) >= 11 is 0. The lowest BCUT2D eigenvalue weighted by atomic mass is 10.1. The summed E-state index contributed by atoms with van der Waals surface area (Å²) in [6.45, 7) is 1.11. The number of hydrogen-bond acceptors (Lipinski definition) is 4. The Kier molecular flexibility index (Phi) is 3.66. The molecule has 4 nitrogen and oxygen atoms in total. The zero-order chi connectivity index (χ0) is 13.2. The first-order chi connectivity index (χ1) is 8.64. The van der Waals surface area contributed by atoms with Crippen molar-refractivity contribution in [2.45, 2.75) is 12.8 Å². The fraction of sp³-hybridized carbons (Fsp3) is 0.571. The first kappa shape index (κ1) is 13.0. The fourth-order valence-corrected chi connectivity index (χ4v) is 2.23. The average molecular weight is 251 g/mol. The molecule has 0 atom stereocenters. The fourth-order valence-electron chi connectivity index (χ4n) is 2.23. The molecule has 0 aromatic heterocycles. The molecule has 4 heteroatoms. The van der Waals surface area contributed by atoms with Gasteiger partial charge in [-0.3, -0.25) is 0 Å². The van der Waals surface area contributed by atoms with Crippen LogP contribution in [0.2, 0.25) is 0 Å². The van der Waals surface area contributed by atoms with Crippen molar-refractivity contribution >= 4 is 5.69 Å². The van der Waals surface area contributed by atoms with Crippen LogP contribution in [0.5, 0.6) is 11.5 Å². The minimum absolute atomic E-state index is 0.0969. The van der Waals surface area contributed by atoms with Crippen molar-refractivity contribution in [3.05, 3.63) is 18.2 Å². The predicted octanol–water partition coefficient (Wildman–Crippen LogP) is 1.91. The number of hydrogen-bond donors (Lipinski definition) is 1. The average Bonchev–Trinajstić information content (AvgIpc) is 3.18. The molecule has 1 saturated carbocycles. The predicted molar refractivity (Wildman–Crippen MR) is 71.6 cm³/mol. The summed E-state index contributed by atoms with van der Waals surface area (Å²) in [7, 11) is 5.33. The lowest BCUT2D eigenvalue weighted by Gasteiger charge is -2.26. The van der Waals surface area contributed by atoms with Crippen LogP contribution in [0.1, 0.15) is 12.8 Å². The SMILES string of the molecule is COc1ccc(N(C)CC2(CO)CC2)c(OC)c1. The van der Waals surface area contributed by atoms with Crippen molar-refractivity contribution in [1.82, 2.24) is 0 Å². The lowest BCUT2D eigenvalue weighted by Crippen LogP contribution is -2.28. The normalized spacial score (nSPS) is 16.2. The number of rotatable bonds is 6. The number of ether oxygens (including phenoxy) is 2. The van der Waals surface area contributed by atoms with E-state index in [0.29, 0.717) is 0 Å². The Balaban J connectivity index is 2.16. The minimum Gasteiger partial charge on any atom is -0.497 e. The van der Waals surface area contributed by atoms with Gasteiger partial charge >= 0.3 is 0 Å². The molecular weight excluding hydrogens is 230 g/mol. The van der Waals surface area contributed by atoms with E-state index < -0.39 is 0 Å². The standard InChI is InChI=1S/C14H21NO3/c1-15(9-14(10-16)6-7-14)12-5-4-11(17-2)8-13(12)18-3/h4-5,8,16H,6-7,9-10H2,1-3H3. The molecule has 0 unspecified atom stereocenters. The molecular formula is C14H21NO3. The summed E-state index contributed by atoms with van der Waals surface area (Å²) in [5.74, 6) is 1.58. The van der Waals surface area contributed by atoms with Crippen molar-refractivity contribution in [1.29, 1.82) is 0 Å². The van der Waals surface area contributed by atoms with E-state index in [1.807, 2.05) is 25.2 Å². The van der Waals surface area contributed by atoms with Crippen LogP contribution in [-0.4, -0.2) is 39.5 Å². The van der Waals surface area contributed by atoms with Crippen LogP contribution >= 0.6 is 0 Å². The molecule has 0 bridgehead atoms. The van der Waals surface area contributed by atoms with Gasteiger partial charge in [-0.25, -0.2) is 0 Å². The van der Waals surface area contributed by atoms with Crippen LogP contribution in [0, 0.1) is 5.41 Å². The van der Waals surface area contributed by atoms with Crippen LogP contribution in [0.4, 0.5) is 5.69 Å². The summed E-state index contributed by atoms with van der Waals surface area (Å²) in [4.78, 5) is 2.14. The molecule has 18 heavy (non-hydrogen) atoms. The number of aliphatic hydroxyl groups excluding tert-OH is 1. The maximum absolute atomic E-state index is 9.38. The van der Waals surface area contributed by atoms with Crippen molar-refractivity contribution in [2.24, 2.45) is 5.41 Å². The molecule has 100 valence electrons. The second-order valence-electron chi connectivity index (χ2n) is 5.05. The molecule has 1 fully saturated rings. The summed E-state index contributed by atoms with van der Waals surface area (Å²) in [6, 6.07) is 5.79. The Hall–Kier alpha value is -1.42. The molecule has 0 amide bonds. The van der Waals surface area contributed by atoms with Crippen LogP contribution in [0.25, 0.3) is 0 Å². The van der Waals surface area contributed by atoms with Crippen LogP contribution < -0.4 is 14.4 Å². The molecule has 1 aromatic rings. The molecule has 0 saturated heterocycles. The highest BCUT2D eigenvalue weighted by Crippen LogP contribution is 2.46. The summed E-state index contributed by atoms with van der Waals surface area (Å²) < 4.78 is 10.6. The number of methoxy groups -OCH3 is 2. The molecule has 1 aliphatic carbocycles. The van der Waals surface area contributed by atoms with Gasteiger partial charge in [0.1, 0.15) is 11.5 Å². The highest BCUT2D eigenvalue weighted by molar-refractivity contribution is 5.60. The third kappa shape index (κ3) is 2.53. The van der Waals surface area contributed by atoms with Crippen LogP contribution in [0.3, 0.4) is 0 Å². The Labute approximate surface area is 108 Å². The first-order valence-corrected chi connectivity index (χ1v) is 6.18. The molecule has 2 rings (SSSR count). The zero-order valence-electron chi connectivity index (χ0n) is 11.3. The van der Waals surface area contributed by atoms with Crippen molar-refractivity contribution in [2.75, 3.05) is 39.3 Å². The first-order valence-electron chi connectivity index (χ1n) is 6.18. The second-order valence-corrected chi connectivity index (χ2v) is 5.05. The lowest BCUT2D eigenvalue weighted by molar-refractivity contribution is 0.215. The van der Waals surface area contributed by atoms with Gasteiger partial charge in [-0.15, -0.1) is 0 Å². The van der Waals surface area contributed by atoms with Gasteiger partial charge < -0.3 is 19.5 Å². The van der Waals surface area contributed by atoms with E-state index in [1.165, 1.54) is 0 Å². The number of nitrogens with zero attached hydrogens (tertiary/aromatic N) is 1. The molecule has 0 aliphatic heterocycles. The van der Waals surface area contributed by atoms with E-state index >= 15 is 0 Å². The summed E-state index contributed by atoms with van der Waals surface area (Å²) in [5.41, 5.74) is 1.12. The summed E-state index contributed by atoms with van der Waals surface area (Å²) in [6.07, 6.45) is 2.21. The Morgan fingerprint density at radius 2 is 2.00 bits per heavy atom. The quantitative estimate of drug-likeness (QED) is 0.838. The van der Waals surface area contributed by atoms with Crippen molar-refractivity contribution in [3.8, 4) is 11.5 Å². The highest BCUT2D eigenvalue weighted by atomic mass is 16.5. The third-order valence-corrected chi connectivity index (χ3v) is 3.66. The smallest absolute Gasteiger partial charge is 0.145 e. The van der Waals surface area contributed by atoms with Gasteiger partial charge in [0, 0.05) is 25.1 Å². The van der Waals surface area contributed by atoms with Gasteiger partial charge in [-0.1, -0.05) is 0 Å². The van der Waals surface area contributed by atoms with E-state index in [4.69, 9.17) is 9.47 Å². The molecule has 0 radical (unpaired) electrons. The van der Waals surface area contributed by atoms with E-state index in [2.05, 4.69) is 4.90 Å². The summed E-state index contributed by atoms with van der Waals surface area (Å²) in [5, 5.41) is 9.38. The molecule has 1 aliphatic rings. The zero-order valence-corrected chi connectivity index (χ0v) is 11.3.